The first-order chi connectivity index (χ1) is 24.4. The highest BCUT2D eigenvalue weighted by Crippen LogP contribution is 2.32. The Morgan fingerprint density at radius 1 is 0.740 bits per heavy atom. The number of imide groups is 2. The van der Waals surface area contributed by atoms with Gasteiger partial charge >= 0.3 is 0 Å². The Kier molecular flexibility index (Phi) is 16.1. The molecule has 4 N–H and O–H groups in total. The van der Waals surface area contributed by atoms with Crippen molar-refractivity contribution in [3.63, 3.8) is 0 Å². The topological polar surface area (TPSA) is 194 Å². The number of nitrogens with one attached hydrogen (secondary N) is 2. The van der Waals surface area contributed by atoms with Crippen LogP contribution >= 0.6 is 0 Å². The summed E-state index contributed by atoms with van der Waals surface area (Å²) in [7, 11) is 0. The molecule has 1 saturated heterocycles. The molecule has 2 aromatic carbocycles. The summed E-state index contributed by atoms with van der Waals surface area (Å²) >= 11 is 0. The van der Waals surface area contributed by atoms with E-state index in [1.807, 2.05) is 18.2 Å². The minimum absolute atomic E-state index is 0.0304. The third-order valence-corrected chi connectivity index (χ3v) is 7.83. The van der Waals surface area contributed by atoms with Crippen LogP contribution in [0.2, 0.25) is 0 Å². The Balaban J connectivity index is 0.935. The molecule has 5 amide bonds. The Labute approximate surface area is 291 Å². The Morgan fingerprint density at radius 3 is 2.00 bits per heavy atom. The van der Waals surface area contributed by atoms with Gasteiger partial charge in [0.15, 0.2) is 0 Å². The van der Waals surface area contributed by atoms with Gasteiger partial charge in [-0.05, 0) is 43.5 Å². The lowest BCUT2D eigenvalue weighted by molar-refractivity contribution is -0.136. The number of unbranched alkanes of at least 4 members (excludes halogenated alkanes) is 2. The molecular weight excluding hydrogens is 652 g/mol. The second-order valence-electron chi connectivity index (χ2n) is 11.5. The van der Waals surface area contributed by atoms with Gasteiger partial charge in [-0.15, -0.1) is 0 Å². The fourth-order valence-corrected chi connectivity index (χ4v) is 5.30. The maximum Gasteiger partial charge on any atom is 0.264 e. The summed E-state index contributed by atoms with van der Waals surface area (Å²) in [5.74, 6) is -2.06. The molecule has 15 nitrogen and oxygen atoms in total. The maximum absolute atomic E-state index is 13.2. The van der Waals surface area contributed by atoms with Gasteiger partial charge in [-0.3, -0.25) is 34.2 Å². The summed E-state index contributed by atoms with van der Waals surface area (Å²) in [6, 6.07) is 10.9. The average Bonchev–Trinajstić information content (AvgIpc) is 3.35. The molecule has 2 aromatic rings. The lowest BCUT2D eigenvalue weighted by Gasteiger charge is -2.27. The van der Waals surface area contributed by atoms with E-state index < -0.39 is 29.7 Å². The molecule has 4 rings (SSSR count). The molecule has 50 heavy (non-hydrogen) atoms. The number of amides is 5. The normalized spacial score (nSPS) is 15.7. The van der Waals surface area contributed by atoms with Crippen LogP contribution in [0.15, 0.2) is 42.5 Å². The molecule has 1 atom stereocenters. The molecule has 1 fully saturated rings. The van der Waals surface area contributed by atoms with Gasteiger partial charge < -0.3 is 39.5 Å². The quantitative estimate of drug-likeness (QED) is 0.0824. The van der Waals surface area contributed by atoms with Crippen LogP contribution in [0, 0.1) is 0 Å². The lowest BCUT2D eigenvalue weighted by Crippen LogP contribution is -2.54. The fraction of sp³-hybridized carbons (Fsp3) is 0.514. The molecule has 0 spiro atoms. The van der Waals surface area contributed by atoms with Gasteiger partial charge in [0.25, 0.3) is 11.8 Å². The standard InChI is InChI=1S/C35H46N4O11/c36-26-8-3-4-10-29(26)50-24-23-49-22-21-48-20-19-47-18-17-46-16-15-45-14-5-1-2-11-30(40)37-27-9-6-7-25-32(27)35(44)39(34(25)43)28-12-13-31(41)38-33(28)42/h3-4,6-10,28H,1-2,5,11-24,36H2,(H,37,40)(H,38,41,42). The van der Waals surface area contributed by atoms with Gasteiger partial charge in [0.05, 0.1) is 82.0 Å². The number of hydrogen-bond donors (Lipinski definition) is 3. The Hall–Kier alpha value is -4.41. The monoisotopic (exact) mass is 698 g/mol. The number of benzene rings is 2. The van der Waals surface area contributed by atoms with E-state index in [-0.39, 0.29) is 42.0 Å². The molecule has 2 aliphatic heterocycles. The minimum Gasteiger partial charge on any atom is -0.489 e. The van der Waals surface area contributed by atoms with Gasteiger partial charge in [-0.2, -0.15) is 0 Å². The zero-order valence-corrected chi connectivity index (χ0v) is 28.2. The second kappa shape index (κ2) is 21.0. The SMILES string of the molecule is Nc1ccccc1OCCOCCOCCOCCOCCOCCCCCC(=O)Nc1cccc2c1C(=O)N(C1CCC(=O)NC1=O)C2=O. The minimum atomic E-state index is -1.07. The van der Waals surface area contributed by atoms with Crippen LogP contribution in [0.25, 0.3) is 0 Å². The highest BCUT2D eigenvalue weighted by atomic mass is 16.6. The van der Waals surface area contributed by atoms with Gasteiger partial charge in [-0.1, -0.05) is 24.6 Å². The lowest BCUT2D eigenvalue weighted by atomic mass is 10.0. The molecule has 0 bridgehead atoms. The van der Waals surface area contributed by atoms with Crippen LogP contribution in [0.3, 0.4) is 0 Å². The van der Waals surface area contributed by atoms with Gasteiger partial charge in [0.2, 0.25) is 17.7 Å². The van der Waals surface area contributed by atoms with Crippen molar-refractivity contribution < 1.29 is 52.4 Å². The van der Waals surface area contributed by atoms with Gasteiger partial charge in [0, 0.05) is 19.4 Å². The summed E-state index contributed by atoms with van der Waals surface area (Å²) in [5, 5.41) is 4.90. The van der Waals surface area contributed by atoms with E-state index in [4.69, 9.17) is 34.2 Å². The number of nitrogens with zero attached hydrogens (tertiary/aromatic N) is 1. The number of para-hydroxylation sites is 2. The van der Waals surface area contributed by atoms with E-state index in [9.17, 15) is 24.0 Å². The summed E-state index contributed by atoms with van der Waals surface area (Å²) in [4.78, 5) is 63.4. The molecule has 0 aromatic heterocycles. The van der Waals surface area contributed by atoms with E-state index in [2.05, 4.69) is 10.6 Å². The summed E-state index contributed by atoms with van der Waals surface area (Å²) in [5.41, 5.74) is 6.80. The molecule has 15 heteroatoms. The first-order valence-corrected chi connectivity index (χ1v) is 16.9. The number of anilines is 2. The number of ether oxygens (including phenoxy) is 6. The highest BCUT2D eigenvalue weighted by Gasteiger charge is 2.45. The van der Waals surface area contributed by atoms with Crippen molar-refractivity contribution in [1.82, 2.24) is 10.2 Å². The molecule has 0 saturated carbocycles. The fourth-order valence-electron chi connectivity index (χ4n) is 5.30. The molecule has 0 aliphatic carbocycles. The van der Waals surface area contributed by atoms with Crippen molar-refractivity contribution >= 4 is 40.9 Å². The van der Waals surface area contributed by atoms with Crippen LogP contribution in [-0.4, -0.2) is 113 Å². The van der Waals surface area contributed by atoms with Gasteiger partial charge in [0.1, 0.15) is 18.4 Å². The van der Waals surface area contributed by atoms with Crippen LogP contribution < -0.4 is 21.1 Å². The van der Waals surface area contributed by atoms with Crippen molar-refractivity contribution in [1.29, 1.82) is 0 Å². The Bertz CT molecular complexity index is 1450. The van der Waals surface area contributed by atoms with Gasteiger partial charge in [-0.25, -0.2) is 0 Å². The molecule has 2 heterocycles. The van der Waals surface area contributed by atoms with E-state index in [1.165, 1.54) is 6.07 Å². The highest BCUT2D eigenvalue weighted by molar-refractivity contribution is 6.26. The zero-order chi connectivity index (χ0) is 35.6. The maximum atomic E-state index is 13.2. The van der Waals surface area contributed by atoms with Crippen molar-refractivity contribution in [3.8, 4) is 5.75 Å². The number of nitrogens with two attached hydrogens (primary N) is 1. The third-order valence-electron chi connectivity index (χ3n) is 7.83. The third kappa shape index (κ3) is 11.9. The number of carbonyl (C=O) groups excluding carboxylic acids is 5. The van der Waals surface area contributed by atoms with E-state index in [1.54, 1.807) is 18.2 Å². The van der Waals surface area contributed by atoms with E-state index in [0.29, 0.717) is 90.5 Å². The largest absolute Gasteiger partial charge is 0.489 e. The Morgan fingerprint density at radius 2 is 1.36 bits per heavy atom. The van der Waals surface area contributed by atoms with E-state index in [0.717, 1.165) is 17.7 Å². The number of nitrogen functional groups attached to an aromatic ring is 1. The number of rotatable bonds is 24. The first-order valence-electron chi connectivity index (χ1n) is 16.9. The smallest absolute Gasteiger partial charge is 0.264 e. The molecule has 272 valence electrons. The van der Waals surface area contributed by atoms with Crippen LogP contribution in [-0.2, 0) is 38.1 Å². The number of hydrogen-bond acceptors (Lipinski definition) is 12. The molecule has 0 radical (unpaired) electrons. The molecule has 1 unspecified atom stereocenters. The molecule has 2 aliphatic rings. The van der Waals surface area contributed by atoms with Crippen molar-refractivity contribution in [2.75, 3.05) is 83.7 Å². The van der Waals surface area contributed by atoms with Crippen LogP contribution in [0.1, 0.15) is 59.2 Å². The van der Waals surface area contributed by atoms with Crippen LogP contribution in [0.5, 0.6) is 5.75 Å². The summed E-state index contributed by atoms with van der Waals surface area (Å²) in [6.45, 7) is 5.06. The summed E-state index contributed by atoms with van der Waals surface area (Å²) in [6.07, 6.45) is 2.47. The molecular formula is C35H46N4O11. The first kappa shape index (κ1) is 38.4. The average molecular weight is 699 g/mol. The number of carbonyl (C=O) groups is 5. The predicted octanol–water partition coefficient (Wildman–Crippen LogP) is 2.33. The van der Waals surface area contributed by atoms with Crippen molar-refractivity contribution in [2.24, 2.45) is 0 Å². The number of fused-ring (bicyclic) bond motifs is 1. The predicted molar refractivity (Wildman–Crippen MR) is 181 cm³/mol. The van der Waals surface area contributed by atoms with E-state index >= 15 is 0 Å². The second-order valence-corrected chi connectivity index (χ2v) is 11.5. The van der Waals surface area contributed by atoms with Crippen molar-refractivity contribution in [2.45, 2.75) is 44.6 Å². The summed E-state index contributed by atoms with van der Waals surface area (Å²) < 4.78 is 33.1. The van der Waals surface area contributed by atoms with Crippen molar-refractivity contribution in [3.05, 3.63) is 53.6 Å². The number of piperidine rings is 1. The van der Waals surface area contributed by atoms with Crippen LogP contribution in [0.4, 0.5) is 11.4 Å². The zero-order valence-electron chi connectivity index (χ0n) is 28.2.